The highest BCUT2D eigenvalue weighted by molar-refractivity contribution is 9.10. The van der Waals surface area contributed by atoms with E-state index in [1.54, 1.807) is 0 Å². The van der Waals surface area contributed by atoms with E-state index in [1.165, 1.54) is 44.6 Å². The first-order valence-electron chi connectivity index (χ1n) is 7.12. The van der Waals surface area contributed by atoms with E-state index in [-0.39, 0.29) is 11.9 Å². The van der Waals surface area contributed by atoms with Gasteiger partial charge in [0, 0.05) is 18.6 Å². The Morgan fingerprint density at radius 2 is 1.95 bits per heavy atom. The molecule has 3 N–H and O–H groups in total. The average molecular weight is 329 g/mol. The van der Waals surface area contributed by atoms with Crippen molar-refractivity contribution in [2.75, 3.05) is 6.54 Å². The molecule has 19 heavy (non-hydrogen) atoms. The lowest BCUT2D eigenvalue weighted by Gasteiger charge is -2.24. The molecule has 1 aromatic carbocycles. The number of benzene rings is 1. The molecule has 106 valence electrons. The molecule has 2 rings (SSSR count). The minimum absolute atomic E-state index is 0.111. The summed E-state index contributed by atoms with van der Waals surface area (Å²) in [6.45, 7) is 0.536. The summed E-state index contributed by atoms with van der Waals surface area (Å²) >= 11 is 3.24. The monoisotopic (exact) mass is 328 g/mol. The molecule has 1 aliphatic carbocycles. The quantitative estimate of drug-likeness (QED) is 0.822. The van der Waals surface area contributed by atoms with Gasteiger partial charge in [-0.3, -0.25) is 0 Å². The molecule has 0 spiro atoms. The van der Waals surface area contributed by atoms with Gasteiger partial charge in [0.2, 0.25) is 0 Å². The van der Waals surface area contributed by atoms with Crippen molar-refractivity contribution in [3.05, 3.63) is 34.1 Å². The van der Waals surface area contributed by atoms with E-state index in [0.717, 1.165) is 5.56 Å². The molecule has 0 aliphatic heterocycles. The van der Waals surface area contributed by atoms with Gasteiger partial charge in [-0.1, -0.05) is 31.7 Å². The van der Waals surface area contributed by atoms with Gasteiger partial charge in [-0.25, -0.2) is 4.39 Å². The lowest BCUT2D eigenvalue weighted by Crippen LogP contribution is -2.36. The molecule has 0 amide bonds. The third kappa shape index (κ3) is 4.26. The van der Waals surface area contributed by atoms with Crippen LogP contribution in [0.25, 0.3) is 0 Å². The van der Waals surface area contributed by atoms with Gasteiger partial charge in [0.25, 0.3) is 0 Å². The molecule has 0 bridgehead atoms. The van der Waals surface area contributed by atoms with Gasteiger partial charge in [0.1, 0.15) is 5.82 Å². The third-order valence-corrected chi connectivity index (χ3v) is 4.48. The summed E-state index contributed by atoms with van der Waals surface area (Å²) < 4.78 is 13.8. The van der Waals surface area contributed by atoms with E-state index in [9.17, 15) is 4.39 Å². The van der Waals surface area contributed by atoms with E-state index in [4.69, 9.17) is 5.73 Å². The average Bonchev–Trinajstić information content (AvgIpc) is 2.68. The van der Waals surface area contributed by atoms with Gasteiger partial charge in [-0.05, 0) is 46.5 Å². The van der Waals surface area contributed by atoms with Gasteiger partial charge in [-0.2, -0.15) is 0 Å². The van der Waals surface area contributed by atoms with Gasteiger partial charge in [0.05, 0.1) is 4.47 Å². The Balaban J connectivity index is 2.03. The number of nitrogens with two attached hydrogens (primary N) is 1. The molecule has 1 unspecified atom stereocenters. The van der Waals surface area contributed by atoms with Crippen LogP contribution < -0.4 is 11.1 Å². The number of rotatable bonds is 4. The van der Waals surface area contributed by atoms with E-state index in [0.29, 0.717) is 17.1 Å². The maximum Gasteiger partial charge on any atom is 0.137 e. The fourth-order valence-electron chi connectivity index (χ4n) is 2.76. The largest absolute Gasteiger partial charge is 0.329 e. The predicted molar refractivity (Wildman–Crippen MR) is 80.5 cm³/mol. The highest BCUT2D eigenvalue weighted by Gasteiger charge is 2.18. The zero-order valence-electron chi connectivity index (χ0n) is 11.2. The van der Waals surface area contributed by atoms with E-state index in [2.05, 4.69) is 21.2 Å². The van der Waals surface area contributed by atoms with Crippen molar-refractivity contribution in [3.8, 4) is 0 Å². The summed E-state index contributed by atoms with van der Waals surface area (Å²) in [6, 6.07) is 5.80. The molecule has 1 aliphatic rings. The summed E-state index contributed by atoms with van der Waals surface area (Å²) in [5.41, 5.74) is 6.93. The molecule has 0 aromatic heterocycles. The molecule has 1 saturated carbocycles. The Morgan fingerprint density at radius 3 is 2.53 bits per heavy atom. The molecular formula is C15H22BrFN2. The molecular weight excluding hydrogens is 307 g/mol. The Bertz CT molecular complexity index is 403. The van der Waals surface area contributed by atoms with Gasteiger partial charge >= 0.3 is 0 Å². The molecule has 2 nitrogen and oxygen atoms in total. The van der Waals surface area contributed by atoms with Crippen LogP contribution in [0.3, 0.4) is 0 Å². The Kier molecular flexibility index (Phi) is 5.79. The second kappa shape index (κ2) is 7.36. The number of hydrogen-bond acceptors (Lipinski definition) is 2. The van der Waals surface area contributed by atoms with Gasteiger partial charge in [0.15, 0.2) is 0 Å². The van der Waals surface area contributed by atoms with Crippen LogP contribution in [-0.2, 0) is 0 Å². The van der Waals surface area contributed by atoms with Crippen molar-refractivity contribution in [1.29, 1.82) is 0 Å². The zero-order valence-corrected chi connectivity index (χ0v) is 12.8. The Hall–Kier alpha value is -0.450. The molecule has 0 saturated heterocycles. The number of hydrogen-bond donors (Lipinski definition) is 2. The summed E-state index contributed by atoms with van der Waals surface area (Å²) in [6.07, 6.45) is 7.71. The molecule has 0 radical (unpaired) electrons. The molecule has 1 atom stereocenters. The van der Waals surface area contributed by atoms with Crippen molar-refractivity contribution in [2.24, 2.45) is 5.73 Å². The van der Waals surface area contributed by atoms with E-state index >= 15 is 0 Å². The van der Waals surface area contributed by atoms with Crippen LogP contribution in [0.1, 0.15) is 50.1 Å². The zero-order chi connectivity index (χ0) is 13.7. The maximum absolute atomic E-state index is 13.3. The molecule has 4 heteroatoms. The minimum Gasteiger partial charge on any atom is -0.329 e. The van der Waals surface area contributed by atoms with Gasteiger partial charge in [-0.15, -0.1) is 0 Å². The van der Waals surface area contributed by atoms with Gasteiger partial charge < -0.3 is 11.1 Å². The van der Waals surface area contributed by atoms with E-state index in [1.807, 2.05) is 12.1 Å². The molecule has 1 fully saturated rings. The minimum atomic E-state index is -0.228. The lowest BCUT2D eigenvalue weighted by atomic mass is 10.0. The highest BCUT2D eigenvalue weighted by Crippen LogP contribution is 2.24. The summed E-state index contributed by atoms with van der Waals surface area (Å²) in [5, 5.41) is 3.64. The molecule has 1 aromatic rings. The fraction of sp³-hybridized carbons (Fsp3) is 0.600. The summed E-state index contributed by atoms with van der Waals surface area (Å²) in [5.74, 6) is -0.228. The van der Waals surface area contributed by atoms with Crippen LogP contribution >= 0.6 is 15.9 Å². The van der Waals surface area contributed by atoms with Crippen LogP contribution in [-0.4, -0.2) is 12.6 Å². The normalized spacial score (nSPS) is 19.1. The second-order valence-corrected chi connectivity index (χ2v) is 6.17. The topological polar surface area (TPSA) is 38.0 Å². The summed E-state index contributed by atoms with van der Waals surface area (Å²) in [7, 11) is 0. The smallest absolute Gasteiger partial charge is 0.137 e. The Morgan fingerprint density at radius 1 is 1.26 bits per heavy atom. The first-order chi connectivity index (χ1) is 9.20. The summed E-state index contributed by atoms with van der Waals surface area (Å²) in [4.78, 5) is 0. The SMILES string of the molecule is NCC(NC1CCCCCC1)c1ccc(F)c(Br)c1. The standard InChI is InChI=1S/C15H22BrFN2/c16-13-9-11(7-8-14(13)17)15(10-18)19-12-5-3-1-2-4-6-12/h7-9,12,15,19H,1-6,10,18H2. The highest BCUT2D eigenvalue weighted by atomic mass is 79.9. The molecule has 0 heterocycles. The number of nitrogens with one attached hydrogen (secondary N) is 1. The number of halogens is 2. The van der Waals surface area contributed by atoms with Crippen molar-refractivity contribution >= 4 is 15.9 Å². The van der Waals surface area contributed by atoms with Crippen molar-refractivity contribution in [1.82, 2.24) is 5.32 Å². The van der Waals surface area contributed by atoms with Crippen LogP contribution in [0, 0.1) is 5.82 Å². The van der Waals surface area contributed by atoms with Crippen molar-refractivity contribution in [3.63, 3.8) is 0 Å². The third-order valence-electron chi connectivity index (χ3n) is 3.87. The predicted octanol–water partition coefficient (Wildman–Crippen LogP) is 3.90. The first-order valence-corrected chi connectivity index (χ1v) is 7.91. The van der Waals surface area contributed by atoms with Crippen molar-refractivity contribution in [2.45, 2.75) is 50.6 Å². The van der Waals surface area contributed by atoms with Crippen molar-refractivity contribution < 1.29 is 4.39 Å². The van der Waals surface area contributed by atoms with Crippen LogP contribution in [0.4, 0.5) is 4.39 Å². The second-order valence-electron chi connectivity index (χ2n) is 5.32. The maximum atomic E-state index is 13.3. The first kappa shape index (κ1) is 14.9. The van der Waals surface area contributed by atoms with E-state index < -0.39 is 0 Å². The van der Waals surface area contributed by atoms with Crippen LogP contribution in [0.2, 0.25) is 0 Å². The Labute approximate surface area is 123 Å². The van der Waals surface area contributed by atoms with Crippen LogP contribution in [0.15, 0.2) is 22.7 Å². The fourth-order valence-corrected chi connectivity index (χ4v) is 3.16. The lowest BCUT2D eigenvalue weighted by molar-refractivity contribution is 0.402. The van der Waals surface area contributed by atoms with Crippen LogP contribution in [0.5, 0.6) is 0 Å².